The first-order chi connectivity index (χ1) is 13.0. The van der Waals surface area contributed by atoms with Crippen molar-refractivity contribution in [2.45, 2.75) is 25.6 Å². The zero-order valence-corrected chi connectivity index (χ0v) is 17.1. The van der Waals surface area contributed by atoms with Crippen LogP contribution >= 0.6 is 11.6 Å². The fourth-order valence-electron chi connectivity index (χ4n) is 3.47. The van der Waals surface area contributed by atoms with E-state index >= 15 is 0 Å². The molecule has 2 rings (SSSR count). The molecule has 0 radical (unpaired) electrons. The first-order valence-electron chi connectivity index (χ1n) is 8.94. The summed E-state index contributed by atoms with van der Waals surface area (Å²) in [6.07, 6.45) is -2.80. The molecular formula is C22H25ClF3NO. The van der Waals surface area contributed by atoms with Gasteiger partial charge in [-0.3, -0.25) is 0 Å². The van der Waals surface area contributed by atoms with Crippen LogP contribution in [-0.2, 0) is 11.8 Å². The number of benzene rings is 2. The molecule has 28 heavy (non-hydrogen) atoms. The quantitative estimate of drug-likeness (QED) is 0.644. The molecule has 0 spiro atoms. The highest BCUT2D eigenvalue weighted by Crippen LogP contribution is 2.42. The van der Waals surface area contributed by atoms with Crippen LogP contribution < -0.4 is 0 Å². The van der Waals surface area contributed by atoms with Crippen LogP contribution in [0.25, 0.3) is 6.08 Å². The summed E-state index contributed by atoms with van der Waals surface area (Å²) in [4.78, 5) is 1.89. The summed E-state index contributed by atoms with van der Waals surface area (Å²) in [7, 11) is 3.71. The second-order valence-electron chi connectivity index (χ2n) is 7.36. The van der Waals surface area contributed by atoms with Gasteiger partial charge in [0.25, 0.3) is 0 Å². The monoisotopic (exact) mass is 411 g/mol. The Morgan fingerprint density at radius 3 is 2.29 bits per heavy atom. The minimum Gasteiger partial charge on any atom is -0.380 e. The first kappa shape index (κ1) is 22.5. The van der Waals surface area contributed by atoms with Gasteiger partial charge in [-0.1, -0.05) is 61.0 Å². The number of hydrogen-bond acceptors (Lipinski definition) is 2. The van der Waals surface area contributed by atoms with Crippen LogP contribution in [0.4, 0.5) is 13.2 Å². The van der Waals surface area contributed by atoms with Gasteiger partial charge in [-0.05, 0) is 49.9 Å². The Hall–Kier alpha value is -1.82. The summed E-state index contributed by atoms with van der Waals surface area (Å²) >= 11 is 5.78. The molecule has 2 atom stereocenters. The van der Waals surface area contributed by atoms with Crippen molar-refractivity contribution in [2.75, 3.05) is 20.6 Å². The highest BCUT2D eigenvalue weighted by Gasteiger charge is 2.41. The summed E-state index contributed by atoms with van der Waals surface area (Å²) in [5.41, 5.74) is -0.952. The minimum atomic E-state index is -4.60. The Bertz CT molecular complexity index is 833. The van der Waals surface area contributed by atoms with Gasteiger partial charge in [0.2, 0.25) is 0 Å². The number of rotatable bonds is 6. The van der Waals surface area contributed by atoms with Crippen molar-refractivity contribution in [2.24, 2.45) is 5.92 Å². The predicted molar refractivity (Wildman–Crippen MR) is 108 cm³/mol. The summed E-state index contributed by atoms with van der Waals surface area (Å²) in [5, 5.41) is 11.3. The molecular weight excluding hydrogens is 387 g/mol. The van der Waals surface area contributed by atoms with Gasteiger partial charge in [0.1, 0.15) is 5.60 Å². The summed E-state index contributed by atoms with van der Waals surface area (Å²) in [6, 6.07) is 13.0. The van der Waals surface area contributed by atoms with Gasteiger partial charge < -0.3 is 10.0 Å². The molecule has 0 saturated heterocycles. The zero-order valence-electron chi connectivity index (χ0n) is 16.4. The van der Waals surface area contributed by atoms with Crippen molar-refractivity contribution < 1.29 is 18.3 Å². The number of halogens is 4. The van der Waals surface area contributed by atoms with Crippen LogP contribution in [-0.4, -0.2) is 30.6 Å². The molecule has 0 aliphatic carbocycles. The van der Waals surface area contributed by atoms with Crippen molar-refractivity contribution in [3.05, 3.63) is 75.8 Å². The molecule has 152 valence electrons. The standard InChI is InChI=1S/C22H25ClF3NO/c1-15(12-17-8-6-5-7-9-17)21(28,16(2)14-27(3)4)18-10-11-20(23)19(13-18)22(24,25)26/h5-13,16,28H,14H2,1-4H3. The molecule has 0 fully saturated rings. The maximum Gasteiger partial charge on any atom is 0.417 e. The Kier molecular flexibility index (Phi) is 6.97. The normalized spacial score (nSPS) is 16.1. The van der Waals surface area contributed by atoms with Crippen molar-refractivity contribution in [1.82, 2.24) is 4.90 Å². The van der Waals surface area contributed by atoms with Crippen LogP contribution in [0.15, 0.2) is 54.1 Å². The minimum absolute atomic E-state index is 0.170. The van der Waals surface area contributed by atoms with E-state index in [0.717, 1.165) is 11.6 Å². The summed E-state index contributed by atoms with van der Waals surface area (Å²) < 4.78 is 40.2. The van der Waals surface area contributed by atoms with Gasteiger partial charge >= 0.3 is 6.18 Å². The Balaban J connectivity index is 2.64. The van der Waals surface area contributed by atoms with E-state index in [9.17, 15) is 18.3 Å². The van der Waals surface area contributed by atoms with Crippen LogP contribution in [0, 0.1) is 5.92 Å². The van der Waals surface area contributed by atoms with E-state index in [0.29, 0.717) is 12.1 Å². The molecule has 1 N–H and O–H groups in total. The van der Waals surface area contributed by atoms with Crippen molar-refractivity contribution in [3.63, 3.8) is 0 Å². The van der Waals surface area contributed by atoms with Crippen molar-refractivity contribution >= 4 is 17.7 Å². The molecule has 0 saturated carbocycles. The number of nitrogens with zero attached hydrogens (tertiary/aromatic N) is 1. The largest absolute Gasteiger partial charge is 0.417 e. The van der Waals surface area contributed by atoms with Crippen LogP contribution in [0.3, 0.4) is 0 Å². The van der Waals surface area contributed by atoms with Crippen molar-refractivity contribution in [3.8, 4) is 0 Å². The predicted octanol–water partition coefficient (Wildman–Crippen LogP) is 5.85. The average molecular weight is 412 g/mol. The fraction of sp³-hybridized carbons (Fsp3) is 0.364. The highest BCUT2D eigenvalue weighted by molar-refractivity contribution is 6.31. The third-order valence-corrected chi connectivity index (χ3v) is 5.18. The zero-order chi connectivity index (χ0) is 21.1. The van der Waals surface area contributed by atoms with E-state index in [4.69, 9.17) is 11.6 Å². The van der Waals surface area contributed by atoms with Gasteiger partial charge in [-0.2, -0.15) is 13.2 Å². The van der Waals surface area contributed by atoms with Gasteiger partial charge in [-0.25, -0.2) is 0 Å². The third kappa shape index (κ3) is 4.96. The average Bonchev–Trinajstić information content (AvgIpc) is 2.60. The van der Waals surface area contributed by atoms with Gasteiger partial charge in [0, 0.05) is 12.5 Å². The Morgan fingerprint density at radius 2 is 1.75 bits per heavy atom. The molecule has 2 aromatic rings. The van der Waals surface area contributed by atoms with Crippen LogP contribution in [0.2, 0.25) is 5.02 Å². The number of aliphatic hydroxyl groups is 1. The molecule has 2 aromatic carbocycles. The lowest BCUT2D eigenvalue weighted by atomic mass is 9.76. The fourth-order valence-corrected chi connectivity index (χ4v) is 3.69. The molecule has 0 aliphatic rings. The lowest BCUT2D eigenvalue weighted by molar-refractivity contribution is -0.137. The van der Waals surface area contributed by atoms with E-state index < -0.39 is 17.3 Å². The lowest BCUT2D eigenvalue weighted by Gasteiger charge is -2.38. The van der Waals surface area contributed by atoms with E-state index in [-0.39, 0.29) is 16.5 Å². The highest BCUT2D eigenvalue weighted by atomic mass is 35.5. The van der Waals surface area contributed by atoms with Crippen molar-refractivity contribution in [1.29, 1.82) is 0 Å². The first-order valence-corrected chi connectivity index (χ1v) is 9.32. The maximum absolute atomic E-state index is 13.4. The molecule has 0 aromatic heterocycles. The Morgan fingerprint density at radius 1 is 1.14 bits per heavy atom. The van der Waals surface area contributed by atoms with Crippen LogP contribution in [0.1, 0.15) is 30.5 Å². The number of alkyl halides is 3. The van der Waals surface area contributed by atoms with E-state index in [1.54, 1.807) is 13.0 Å². The lowest BCUT2D eigenvalue weighted by Crippen LogP contribution is -2.40. The van der Waals surface area contributed by atoms with Gasteiger partial charge in [0.15, 0.2) is 0 Å². The summed E-state index contributed by atoms with van der Waals surface area (Å²) in [6.45, 7) is 4.05. The molecule has 0 bridgehead atoms. The van der Waals surface area contributed by atoms with Crippen LogP contribution in [0.5, 0.6) is 0 Å². The molecule has 0 amide bonds. The topological polar surface area (TPSA) is 23.5 Å². The van der Waals surface area contributed by atoms with Gasteiger partial charge in [0.05, 0.1) is 10.6 Å². The molecule has 2 nitrogen and oxygen atoms in total. The van der Waals surface area contributed by atoms with E-state index in [2.05, 4.69) is 0 Å². The smallest absolute Gasteiger partial charge is 0.380 e. The Labute approximate surface area is 169 Å². The third-order valence-electron chi connectivity index (χ3n) is 4.85. The second kappa shape index (κ2) is 8.68. The SMILES string of the molecule is CC(=Cc1ccccc1)C(O)(c1ccc(Cl)c(C(F)(F)F)c1)C(C)CN(C)C. The molecule has 2 unspecified atom stereocenters. The van der Waals surface area contributed by atoms with E-state index in [1.165, 1.54) is 12.1 Å². The van der Waals surface area contributed by atoms with Gasteiger partial charge in [-0.15, -0.1) is 0 Å². The second-order valence-corrected chi connectivity index (χ2v) is 7.77. The molecule has 0 aliphatic heterocycles. The summed E-state index contributed by atoms with van der Waals surface area (Å²) in [5.74, 6) is -0.371. The molecule has 0 heterocycles. The maximum atomic E-state index is 13.4. The number of hydrogen-bond donors (Lipinski definition) is 1. The molecule has 6 heteroatoms. The van der Waals surface area contributed by atoms with E-state index in [1.807, 2.05) is 56.3 Å².